The molecule has 2 aliphatic heterocycles. The number of fused-ring (bicyclic) bond motifs is 1. The molecular formula is C25H31Cl2N3O4S. The van der Waals surface area contributed by atoms with Crippen molar-refractivity contribution in [3.05, 3.63) is 57.6 Å². The number of hydrogen-bond donors (Lipinski definition) is 2. The number of amides is 1. The van der Waals surface area contributed by atoms with Crippen LogP contribution in [-0.4, -0.2) is 45.0 Å². The zero-order valence-corrected chi connectivity index (χ0v) is 22.1. The standard InChI is InChI=1S/C25H31Cl2N3O4S/c1-17(29-35(32,33)19-6-8-21(26)22(27)15-19)13-25(31)28-23-9-12-34-24-14-18(5-7-20(23)24)16-30-10-3-2-4-11-30/h5-8,14-15,17,23,29H,2-4,9-13,16H2,1H3,(H,28,31)/t17-,23?/m0/s1. The molecule has 1 amide bonds. The van der Waals surface area contributed by atoms with Gasteiger partial charge in [0.25, 0.3) is 0 Å². The van der Waals surface area contributed by atoms with E-state index in [0.29, 0.717) is 13.0 Å². The van der Waals surface area contributed by atoms with Crippen molar-refractivity contribution in [3.8, 4) is 5.75 Å². The van der Waals surface area contributed by atoms with Crippen molar-refractivity contribution < 1.29 is 17.9 Å². The highest BCUT2D eigenvalue weighted by Crippen LogP contribution is 2.33. The normalized spacial score (nSPS) is 19.5. The van der Waals surface area contributed by atoms with Gasteiger partial charge in [0.15, 0.2) is 0 Å². The minimum Gasteiger partial charge on any atom is -0.493 e. The van der Waals surface area contributed by atoms with Crippen LogP contribution in [0.2, 0.25) is 10.0 Å². The molecule has 2 aromatic rings. The van der Waals surface area contributed by atoms with Gasteiger partial charge in [-0.3, -0.25) is 9.69 Å². The van der Waals surface area contributed by atoms with Gasteiger partial charge in [-0.1, -0.05) is 41.8 Å². The van der Waals surface area contributed by atoms with E-state index in [1.54, 1.807) is 6.92 Å². The van der Waals surface area contributed by atoms with Crippen LogP contribution in [0.5, 0.6) is 5.75 Å². The number of likely N-dealkylation sites (tertiary alicyclic amines) is 1. The maximum atomic E-state index is 12.8. The first-order valence-corrected chi connectivity index (χ1v) is 14.2. The molecule has 1 fully saturated rings. The average molecular weight is 541 g/mol. The average Bonchev–Trinajstić information content (AvgIpc) is 2.81. The molecule has 0 spiro atoms. The number of carbonyl (C=O) groups is 1. The SMILES string of the molecule is C[C@@H](CC(=O)NC1CCOc2cc(CN3CCCCC3)ccc21)NS(=O)(=O)c1ccc(Cl)c(Cl)c1. The van der Waals surface area contributed by atoms with E-state index in [4.69, 9.17) is 27.9 Å². The predicted octanol–water partition coefficient (Wildman–Crippen LogP) is 4.68. The largest absolute Gasteiger partial charge is 0.493 e. The summed E-state index contributed by atoms with van der Waals surface area (Å²) < 4.78 is 33.7. The highest BCUT2D eigenvalue weighted by atomic mass is 35.5. The lowest BCUT2D eigenvalue weighted by atomic mass is 9.98. The lowest BCUT2D eigenvalue weighted by Gasteiger charge is -2.29. The molecule has 0 radical (unpaired) electrons. The number of piperidine rings is 1. The number of carbonyl (C=O) groups excluding carboxylic acids is 1. The minimum atomic E-state index is -3.84. The summed E-state index contributed by atoms with van der Waals surface area (Å²) in [5.74, 6) is 0.578. The Morgan fingerprint density at radius 3 is 2.63 bits per heavy atom. The molecule has 2 aliphatic rings. The first-order valence-electron chi connectivity index (χ1n) is 12.0. The summed E-state index contributed by atoms with van der Waals surface area (Å²) in [6.07, 6.45) is 4.46. The summed E-state index contributed by atoms with van der Waals surface area (Å²) in [6, 6.07) is 9.53. The van der Waals surface area contributed by atoms with Crippen LogP contribution in [-0.2, 0) is 21.4 Å². The Labute approximate surface area is 217 Å². The van der Waals surface area contributed by atoms with Gasteiger partial charge in [0.05, 0.1) is 27.6 Å². The van der Waals surface area contributed by atoms with Crippen LogP contribution in [0.25, 0.3) is 0 Å². The fourth-order valence-corrected chi connectivity index (χ4v) is 6.24. The number of nitrogens with zero attached hydrogens (tertiary/aromatic N) is 1. The van der Waals surface area contributed by atoms with Crippen LogP contribution < -0.4 is 14.8 Å². The number of benzene rings is 2. The van der Waals surface area contributed by atoms with Gasteiger partial charge in [0.2, 0.25) is 15.9 Å². The van der Waals surface area contributed by atoms with Gasteiger partial charge in [-0.2, -0.15) is 0 Å². The molecule has 10 heteroatoms. The zero-order valence-electron chi connectivity index (χ0n) is 19.7. The highest BCUT2D eigenvalue weighted by Gasteiger charge is 2.26. The molecule has 2 aromatic carbocycles. The maximum absolute atomic E-state index is 12.8. The molecule has 7 nitrogen and oxygen atoms in total. The molecule has 190 valence electrons. The zero-order chi connectivity index (χ0) is 25.0. The van der Waals surface area contributed by atoms with E-state index in [2.05, 4.69) is 27.1 Å². The molecule has 1 unspecified atom stereocenters. The van der Waals surface area contributed by atoms with Crippen molar-refractivity contribution in [1.82, 2.24) is 14.9 Å². The third-order valence-corrected chi connectivity index (χ3v) is 8.68. The molecular weight excluding hydrogens is 509 g/mol. The number of hydrogen-bond acceptors (Lipinski definition) is 5. The summed E-state index contributed by atoms with van der Waals surface area (Å²) in [5.41, 5.74) is 2.17. The minimum absolute atomic E-state index is 0.000284. The van der Waals surface area contributed by atoms with Gasteiger partial charge in [-0.25, -0.2) is 13.1 Å². The van der Waals surface area contributed by atoms with Gasteiger partial charge in [-0.05, 0) is 62.7 Å². The maximum Gasteiger partial charge on any atom is 0.240 e. The molecule has 0 bridgehead atoms. The van der Waals surface area contributed by atoms with Crippen molar-refractivity contribution in [2.45, 2.75) is 62.6 Å². The van der Waals surface area contributed by atoms with Crippen LogP contribution >= 0.6 is 23.2 Å². The number of nitrogens with one attached hydrogen (secondary N) is 2. The van der Waals surface area contributed by atoms with E-state index in [1.807, 2.05) is 6.07 Å². The summed E-state index contributed by atoms with van der Waals surface area (Å²) in [6.45, 7) is 5.33. The topological polar surface area (TPSA) is 87.7 Å². The van der Waals surface area contributed by atoms with Crippen molar-refractivity contribution >= 4 is 39.1 Å². The van der Waals surface area contributed by atoms with E-state index >= 15 is 0 Å². The van der Waals surface area contributed by atoms with Crippen LogP contribution in [0.1, 0.15) is 56.2 Å². The Hall–Kier alpha value is -1.84. The molecule has 2 atom stereocenters. The second kappa shape index (κ2) is 11.5. The molecule has 2 heterocycles. The van der Waals surface area contributed by atoms with Gasteiger partial charge < -0.3 is 10.1 Å². The van der Waals surface area contributed by atoms with E-state index in [0.717, 1.165) is 30.9 Å². The third-order valence-electron chi connectivity index (χ3n) is 6.36. The van der Waals surface area contributed by atoms with Crippen molar-refractivity contribution in [1.29, 1.82) is 0 Å². The van der Waals surface area contributed by atoms with Crippen molar-refractivity contribution in [2.75, 3.05) is 19.7 Å². The Morgan fingerprint density at radius 1 is 1.11 bits per heavy atom. The Bertz CT molecular complexity index is 1170. The van der Waals surface area contributed by atoms with Gasteiger partial charge in [0.1, 0.15) is 5.75 Å². The van der Waals surface area contributed by atoms with Crippen LogP contribution in [0, 0.1) is 0 Å². The number of ether oxygens (including phenoxy) is 1. The van der Waals surface area contributed by atoms with E-state index < -0.39 is 16.1 Å². The molecule has 1 saturated heterocycles. The fraction of sp³-hybridized carbons (Fsp3) is 0.480. The summed E-state index contributed by atoms with van der Waals surface area (Å²) in [4.78, 5) is 15.2. The van der Waals surface area contributed by atoms with Gasteiger partial charge >= 0.3 is 0 Å². The Kier molecular flexibility index (Phi) is 8.60. The highest BCUT2D eigenvalue weighted by molar-refractivity contribution is 7.89. The van der Waals surface area contributed by atoms with Gasteiger partial charge in [-0.15, -0.1) is 0 Å². The molecule has 0 saturated carbocycles. The monoisotopic (exact) mass is 539 g/mol. The van der Waals surface area contributed by atoms with Crippen LogP contribution in [0.3, 0.4) is 0 Å². The smallest absolute Gasteiger partial charge is 0.240 e. The van der Waals surface area contributed by atoms with E-state index in [1.165, 1.54) is 43.0 Å². The van der Waals surface area contributed by atoms with Crippen LogP contribution in [0.15, 0.2) is 41.3 Å². The first kappa shape index (κ1) is 26.2. The van der Waals surface area contributed by atoms with E-state index in [-0.39, 0.29) is 33.3 Å². The Morgan fingerprint density at radius 2 is 1.89 bits per heavy atom. The summed E-state index contributed by atoms with van der Waals surface area (Å²) in [5, 5.41) is 3.47. The third kappa shape index (κ3) is 6.89. The fourth-order valence-electron chi connectivity index (χ4n) is 4.61. The number of rotatable bonds is 8. The lowest BCUT2D eigenvalue weighted by Crippen LogP contribution is -2.39. The Balaban J connectivity index is 1.34. The second-order valence-corrected chi connectivity index (χ2v) is 11.8. The van der Waals surface area contributed by atoms with Crippen molar-refractivity contribution in [2.24, 2.45) is 0 Å². The second-order valence-electron chi connectivity index (χ2n) is 9.27. The predicted molar refractivity (Wildman–Crippen MR) is 137 cm³/mol. The van der Waals surface area contributed by atoms with Crippen molar-refractivity contribution in [3.63, 3.8) is 0 Å². The first-order chi connectivity index (χ1) is 16.7. The van der Waals surface area contributed by atoms with Gasteiger partial charge in [0, 0.05) is 31.0 Å². The molecule has 2 N–H and O–H groups in total. The molecule has 35 heavy (non-hydrogen) atoms. The molecule has 0 aliphatic carbocycles. The number of sulfonamides is 1. The summed E-state index contributed by atoms with van der Waals surface area (Å²) in [7, 11) is -3.84. The number of halogens is 2. The lowest BCUT2D eigenvalue weighted by molar-refractivity contribution is -0.122. The summed E-state index contributed by atoms with van der Waals surface area (Å²) >= 11 is 11.8. The molecule has 0 aromatic heterocycles. The van der Waals surface area contributed by atoms with E-state index in [9.17, 15) is 13.2 Å². The quantitative estimate of drug-likeness (QED) is 0.508. The molecule has 4 rings (SSSR count). The van der Waals surface area contributed by atoms with Crippen LogP contribution in [0.4, 0.5) is 0 Å².